The molecule has 1 aromatic carbocycles. The number of nitrogens with zero attached hydrogens (tertiary/aromatic N) is 1. The van der Waals surface area contributed by atoms with Gasteiger partial charge in [-0.3, -0.25) is 10.2 Å². The lowest BCUT2D eigenvalue weighted by atomic mass is 10.2. The highest BCUT2D eigenvalue weighted by molar-refractivity contribution is 5.93. The van der Waals surface area contributed by atoms with Crippen LogP contribution in [0.2, 0.25) is 0 Å². The Balaban J connectivity index is 1.99. The minimum Gasteiger partial charge on any atom is -0.335 e. The summed E-state index contributed by atoms with van der Waals surface area (Å²) in [7, 11) is 2.08. The molecule has 2 rings (SSSR count). The Kier molecular flexibility index (Phi) is 3.88. The molecule has 2 N–H and O–H groups in total. The molecule has 1 fully saturated rings. The first-order valence-corrected chi connectivity index (χ1v) is 5.88. The summed E-state index contributed by atoms with van der Waals surface area (Å²) in [6.07, 6.45) is 0. The number of hydrazine groups is 1. The highest BCUT2D eigenvalue weighted by Gasteiger charge is 2.19. The second-order valence-corrected chi connectivity index (χ2v) is 4.54. The third-order valence-corrected chi connectivity index (χ3v) is 3.00. The molecule has 1 heterocycles. The van der Waals surface area contributed by atoms with Gasteiger partial charge in [0, 0.05) is 11.6 Å². The minimum absolute atomic E-state index is 0.00113. The molecule has 1 aromatic rings. The molecule has 0 saturated carbocycles. The fourth-order valence-electron chi connectivity index (χ4n) is 1.89. The van der Waals surface area contributed by atoms with E-state index in [-0.39, 0.29) is 5.56 Å². The van der Waals surface area contributed by atoms with Crippen LogP contribution in [-0.4, -0.2) is 44.1 Å². The van der Waals surface area contributed by atoms with Crippen molar-refractivity contribution in [2.24, 2.45) is 0 Å². The molecular formula is C12H16F2N3O+. The maximum atomic E-state index is 13.0. The van der Waals surface area contributed by atoms with E-state index < -0.39 is 17.5 Å². The number of amides is 1. The lowest BCUT2D eigenvalue weighted by Gasteiger charge is -2.30. The first-order valence-electron chi connectivity index (χ1n) is 5.88. The predicted molar refractivity (Wildman–Crippen MR) is 62.0 cm³/mol. The van der Waals surface area contributed by atoms with Crippen LogP contribution in [0.15, 0.2) is 18.2 Å². The van der Waals surface area contributed by atoms with E-state index in [2.05, 4.69) is 12.5 Å². The molecule has 0 radical (unpaired) electrons. The van der Waals surface area contributed by atoms with Gasteiger partial charge < -0.3 is 4.90 Å². The number of carbonyl (C=O) groups is 1. The number of likely N-dealkylation sites (N-methyl/N-ethyl adjacent to an activating group) is 1. The van der Waals surface area contributed by atoms with Crippen LogP contribution in [0.4, 0.5) is 8.78 Å². The number of piperazine rings is 1. The Morgan fingerprint density at radius 3 is 2.33 bits per heavy atom. The van der Waals surface area contributed by atoms with Crippen molar-refractivity contribution < 1.29 is 18.5 Å². The maximum absolute atomic E-state index is 13.0. The second kappa shape index (κ2) is 5.41. The van der Waals surface area contributed by atoms with Crippen LogP contribution in [0.25, 0.3) is 0 Å². The van der Waals surface area contributed by atoms with Gasteiger partial charge in [-0.25, -0.2) is 13.8 Å². The Morgan fingerprint density at radius 2 is 1.78 bits per heavy atom. The molecule has 1 amide bonds. The van der Waals surface area contributed by atoms with Gasteiger partial charge in [-0.05, 0) is 12.1 Å². The lowest BCUT2D eigenvalue weighted by molar-refractivity contribution is -0.884. The molecule has 0 aliphatic carbocycles. The number of carbonyl (C=O) groups excluding carboxylic acids is 1. The Hall–Kier alpha value is -1.53. The molecular weight excluding hydrogens is 240 g/mol. The van der Waals surface area contributed by atoms with Crippen molar-refractivity contribution in [1.29, 1.82) is 0 Å². The summed E-state index contributed by atoms with van der Waals surface area (Å²) in [6.45, 7) is 3.32. The molecule has 0 aromatic heterocycles. The number of rotatable bonds is 2. The summed E-state index contributed by atoms with van der Waals surface area (Å²) in [6, 6.07) is 2.80. The van der Waals surface area contributed by atoms with Crippen LogP contribution in [0.1, 0.15) is 10.4 Å². The van der Waals surface area contributed by atoms with Gasteiger partial charge in [0.15, 0.2) is 0 Å². The van der Waals surface area contributed by atoms with Crippen LogP contribution in [-0.2, 0) is 0 Å². The number of benzene rings is 1. The summed E-state index contributed by atoms with van der Waals surface area (Å²) in [5.41, 5.74) is 2.66. The number of hydrogen-bond acceptors (Lipinski definition) is 2. The molecule has 18 heavy (non-hydrogen) atoms. The zero-order valence-electron chi connectivity index (χ0n) is 10.2. The average Bonchev–Trinajstić information content (AvgIpc) is 2.31. The van der Waals surface area contributed by atoms with Crippen molar-refractivity contribution in [3.05, 3.63) is 35.4 Å². The molecule has 1 saturated heterocycles. The van der Waals surface area contributed by atoms with Crippen molar-refractivity contribution in [3.63, 3.8) is 0 Å². The SMILES string of the molecule is C[NH+]1CCN(NC(=O)c2cc(F)cc(F)c2)CC1. The molecule has 0 bridgehead atoms. The third kappa shape index (κ3) is 3.24. The molecule has 0 unspecified atom stereocenters. The number of hydrogen-bond donors (Lipinski definition) is 2. The molecule has 1 aliphatic rings. The normalized spacial score (nSPS) is 17.7. The standard InChI is InChI=1S/C12H15F2N3O/c1-16-2-4-17(5-3-16)15-12(18)9-6-10(13)8-11(14)7-9/h6-8H,2-5H2,1H3,(H,15,18)/p+1. The van der Waals surface area contributed by atoms with Crippen LogP contribution in [0, 0.1) is 11.6 Å². The monoisotopic (exact) mass is 256 g/mol. The van der Waals surface area contributed by atoms with Crippen molar-refractivity contribution >= 4 is 5.91 Å². The smallest absolute Gasteiger partial charge is 0.265 e. The van der Waals surface area contributed by atoms with Crippen LogP contribution in [0.5, 0.6) is 0 Å². The number of nitrogens with one attached hydrogen (secondary N) is 2. The quantitative estimate of drug-likeness (QED) is 0.744. The predicted octanol–water partition coefficient (Wildman–Crippen LogP) is -0.560. The van der Waals surface area contributed by atoms with E-state index >= 15 is 0 Å². The van der Waals surface area contributed by atoms with Gasteiger partial charge in [0.1, 0.15) is 11.6 Å². The summed E-state index contributed by atoms with van der Waals surface area (Å²) >= 11 is 0. The number of halogens is 2. The summed E-state index contributed by atoms with van der Waals surface area (Å²) in [4.78, 5) is 13.2. The zero-order chi connectivity index (χ0) is 13.1. The molecule has 1 aliphatic heterocycles. The van der Waals surface area contributed by atoms with Gasteiger partial charge in [-0.15, -0.1) is 0 Å². The van der Waals surface area contributed by atoms with Gasteiger partial charge >= 0.3 is 0 Å². The highest BCUT2D eigenvalue weighted by Crippen LogP contribution is 2.07. The minimum atomic E-state index is -0.747. The Labute approximate surface area is 104 Å². The van der Waals surface area contributed by atoms with E-state index in [4.69, 9.17) is 0 Å². The zero-order valence-corrected chi connectivity index (χ0v) is 10.2. The van der Waals surface area contributed by atoms with E-state index in [9.17, 15) is 13.6 Å². The van der Waals surface area contributed by atoms with Crippen molar-refractivity contribution in [2.45, 2.75) is 0 Å². The first-order chi connectivity index (χ1) is 8.54. The van der Waals surface area contributed by atoms with Crippen molar-refractivity contribution in [2.75, 3.05) is 33.2 Å². The van der Waals surface area contributed by atoms with Gasteiger partial charge in [0.05, 0.1) is 33.2 Å². The molecule has 0 spiro atoms. The fourth-order valence-corrected chi connectivity index (χ4v) is 1.89. The summed E-state index contributed by atoms with van der Waals surface area (Å²) < 4.78 is 26.0. The van der Waals surface area contributed by atoms with Gasteiger partial charge in [-0.2, -0.15) is 0 Å². The van der Waals surface area contributed by atoms with E-state index in [1.165, 1.54) is 4.90 Å². The van der Waals surface area contributed by atoms with Gasteiger partial charge in [0.25, 0.3) is 5.91 Å². The second-order valence-electron chi connectivity index (χ2n) is 4.54. The van der Waals surface area contributed by atoms with E-state index in [0.717, 1.165) is 44.4 Å². The molecule has 0 atom stereocenters. The van der Waals surface area contributed by atoms with E-state index in [0.29, 0.717) is 0 Å². The largest absolute Gasteiger partial charge is 0.335 e. The topological polar surface area (TPSA) is 36.8 Å². The van der Waals surface area contributed by atoms with E-state index in [1.807, 2.05) is 0 Å². The average molecular weight is 256 g/mol. The molecule has 6 heteroatoms. The van der Waals surface area contributed by atoms with Crippen molar-refractivity contribution in [1.82, 2.24) is 10.4 Å². The third-order valence-electron chi connectivity index (χ3n) is 3.00. The Morgan fingerprint density at radius 1 is 1.22 bits per heavy atom. The van der Waals surface area contributed by atoms with Crippen molar-refractivity contribution in [3.8, 4) is 0 Å². The van der Waals surface area contributed by atoms with Gasteiger partial charge in [-0.1, -0.05) is 0 Å². The number of quaternary nitrogens is 1. The maximum Gasteiger partial charge on any atom is 0.265 e. The Bertz CT molecular complexity index is 425. The van der Waals surface area contributed by atoms with E-state index in [1.54, 1.807) is 5.01 Å². The van der Waals surface area contributed by atoms with Crippen LogP contribution < -0.4 is 10.3 Å². The van der Waals surface area contributed by atoms with Gasteiger partial charge in [0.2, 0.25) is 0 Å². The summed E-state index contributed by atoms with van der Waals surface area (Å²) in [5.74, 6) is -1.97. The lowest BCUT2D eigenvalue weighted by Crippen LogP contribution is -3.12. The fraction of sp³-hybridized carbons (Fsp3) is 0.417. The van der Waals surface area contributed by atoms with Crippen LogP contribution >= 0.6 is 0 Å². The molecule has 4 nitrogen and oxygen atoms in total. The molecule has 98 valence electrons. The van der Waals surface area contributed by atoms with Crippen LogP contribution in [0.3, 0.4) is 0 Å². The first kappa shape index (κ1) is 12.9. The summed E-state index contributed by atoms with van der Waals surface area (Å²) in [5, 5.41) is 1.78. The highest BCUT2D eigenvalue weighted by atomic mass is 19.1.